The first kappa shape index (κ1) is 7.11. The number of hydroxylamine groups is 1. The van der Waals surface area contributed by atoms with Crippen LogP contribution in [-0.4, -0.2) is 10.2 Å². The van der Waals surface area contributed by atoms with E-state index < -0.39 is 5.82 Å². The van der Waals surface area contributed by atoms with Gasteiger partial charge in [0.1, 0.15) is 5.82 Å². The van der Waals surface area contributed by atoms with E-state index in [1.165, 1.54) is 12.3 Å². The molecule has 10 heavy (non-hydrogen) atoms. The fraction of sp³-hybridized carbons (Fsp3) is 0.167. The van der Waals surface area contributed by atoms with E-state index in [2.05, 4.69) is 4.98 Å². The zero-order valence-corrected chi connectivity index (χ0v) is 5.21. The largest absolute Gasteiger partial charge is 0.316 e. The highest BCUT2D eigenvalue weighted by Crippen LogP contribution is 2.02. The molecule has 0 atom stereocenters. The predicted molar refractivity (Wildman–Crippen MR) is 32.8 cm³/mol. The number of rotatable bonds is 2. The van der Waals surface area contributed by atoms with E-state index in [0.29, 0.717) is 5.56 Å². The number of nitrogens with zero attached hydrogens (tertiary/aromatic N) is 1. The van der Waals surface area contributed by atoms with Crippen LogP contribution in [0.3, 0.4) is 0 Å². The first-order valence-corrected chi connectivity index (χ1v) is 2.80. The van der Waals surface area contributed by atoms with Gasteiger partial charge in [-0.1, -0.05) is 0 Å². The summed E-state index contributed by atoms with van der Waals surface area (Å²) < 4.78 is 12.6. The molecule has 0 aliphatic rings. The van der Waals surface area contributed by atoms with Gasteiger partial charge < -0.3 is 5.21 Å². The lowest BCUT2D eigenvalue weighted by Gasteiger charge is -1.97. The van der Waals surface area contributed by atoms with Crippen molar-refractivity contribution < 1.29 is 9.60 Å². The minimum atomic E-state index is -0.413. The summed E-state index contributed by atoms with van der Waals surface area (Å²) in [5.74, 6) is -0.413. The third-order valence-corrected chi connectivity index (χ3v) is 1.13. The van der Waals surface area contributed by atoms with Crippen molar-refractivity contribution in [3.63, 3.8) is 0 Å². The number of hydrogen-bond acceptors (Lipinski definition) is 3. The molecule has 1 heterocycles. The Labute approximate surface area is 57.5 Å². The van der Waals surface area contributed by atoms with Gasteiger partial charge in [-0.3, -0.25) is 4.98 Å². The molecule has 2 N–H and O–H groups in total. The van der Waals surface area contributed by atoms with Crippen LogP contribution >= 0.6 is 0 Å². The fourth-order valence-electron chi connectivity index (χ4n) is 0.633. The van der Waals surface area contributed by atoms with Gasteiger partial charge in [0.05, 0.1) is 6.20 Å². The number of hydrogen-bond donors (Lipinski definition) is 2. The summed E-state index contributed by atoms with van der Waals surface area (Å²) in [6, 6.07) is 1.50. The van der Waals surface area contributed by atoms with Crippen LogP contribution in [0.2, 0.25) is 0 Å². The summed E-state index contributed by atoms with van der Waals surface area (Å²) in [6.07, 6.45) is 2.57. The first-order valence-electron chi connectivity index (χ1n) is 2.80. The van der Waals surface area contributed by atoms with Crippen molar-refractivity contribution >= 4 is 0 Å². The summed E-state index contributed by atoms with van der Waals surface area (Å²) in [6.45, 7) is 0.106. The van der Waals surface area contributed by atoms with Crippen molar-refractivity contribution in [1.29, 1.82) is 0 Å². The molecule has 0 aliphatic carbocycles. The van der Waals surface area contributed by atoms with Crippen molar-refractivity contribution in [2.45, 2.75) is 6.54 Å². The molecule has 0 bridgehead atoms. The quantitative estimate of drug-likeness (QED) is 0.597. The van der Waals surface area contributed by atoms with E-state index >= 15 is 0 Å². The Hall–Kier alpha value is -1.00. The Balaban J connectivity index is 2.81. The van der Waals surface area contributed by atoms with Gasteiger partial charge >= 0.3 is 0 Å². The molecule has 4 heteroatoms. The maximum atomic E-state index is 12.6. The molecule has 0 aliphatic heterocycles. The van der Waals surface area contributed by atoms with Gasteiger partial charge in [-0.2, -0.15) is 0 Å². The van der Waals surface area contributed by atoms with Crippen LogP contribution in [-0.2, 0) is 6.54 Å². The Morgan fingerprint density at radius 1 is 1.70 bits per heavy atom. The van der Waals surface area contributed by atoms with E-state index in [0.717, 1.165) is 6.20 Å². The van der Waals surface area contributed by atoms with Gasteiger partial charge in [0, 0.05) is 18.3 Å². The molecule has 0 unspecified atom stereocenters. The van der Waals surface area contributed by atoms with Crippen molar-refractivity contribution in [3.05, 3.63) is 29.8 Å². The van der Waals surface area contributed by atoms with Crippen molar-refractivity contribution in [2.75, 3.05) is 0 Å². The van der Waals surface area contributed by atoms with Gasteiger partial charge in [0.2, 0.25) is 0 Å². The topological polar surface area (TPSA) is 45.1 Å². The Morgan fingerprint density at radius 3 is 3.10 bits per heavy atom. The average molecular weight is 142 g/mol. The van der Waals surface area contributed by atoms with E-state index in [1.54, 1.807) is 0 Å². The minimum Gasteiger partial charge on any atom is -0.316 e. The van der Waals surface area contributed by atoms with Crippen LogP contribution < -0.4 is 5.48 Å². The van der Waals surface area contributed by atoms with E-state index in [-0.39, 0.29) is 6.54 Å². The molecule has 0 spiro atoms. The molecule has 3 nitrogen and oxygen atoms in total. The SMILES string of the molecule is ONCc1ccncc1F. The lowest BCUT2D eigenvalue weighted by atomic mass is 10.3. The molecular formula is C6H7FN2O. The highest BCUT2D eigenvalue weighted by atomic mass is 19.1. The summed E-state index contributed by atoms with van der Waals surface area (Å²) in [5.41, 5.74) is 2.26. The zero-order valence-electron chi connectivity index (χ0n) is 5.21. The first-order chi connectivity index (χ1) is 4.84. The third kappa shape index (κ3) is 1.49. The van der Waals surface area contributed by atoms with Crippen molar-refractivity contribution in [2.24, 2.45) is 0 Å². The number of nitrogens with one attached hydrogen (secondary N) is 1. The lowest BCUT2D eigenvalue weighted by Crippen LogP contribution is -2.07. The second-order valence-electron chi connectivity index (χ2n) is 1.80. The molecule has 0 fully saturated rings. The van der Waals surface area contributed by atoms with E-state index in [1.807, 2.05) is 5.48 Å². The molecule has 0 saturated carbocycles. The second-order valence-corrected chi connectivity index (χ2v) is 1.80. The standard InChI is InChI=1S/C6H7FN2O/c7-6-4-8-2-1-5(6)3-9-10/h1-2,4,9-10H,3H2. The average Bonchev–Trinajstić information content (AvgIpc) is 1.94. The Morgan fingerprint density at radius 2 is 2.50 bits per heavy atom. The molecule has 0 amide bonds. The Bertz CT molecular complexity index is 217. The summed E-state index contributed by atoms with van der Waals surface area (Å²) in [5, 5.41) is 8.21. The van der Waals surface area contributed by atoms with Gasteiger partial charge in [0.15, 0.2) is 0 Å². The molecular weight excluding hydrogens is 135 g/mol. The third-order valence-electron chi connectivity index (χ3n) is 1.13. The Kier molecular flexibility index (Phi) is 2.30. The number of halogens is 1. The molecule has 1 rings (SSSR count). The smallest absolute Gasteiger partial charge is 0.146 e. The van der Waals surface area contributed by atoms with Gasteiger partial charge in [-0.25, -0.2) is 9.87 Å². The monoisotopic (exact) mass is 142 g/mol. The van der Waals surface area contributed by atoms with Crippen LogP contribution in [0.5, 0.6) is 0 Å². The molecule has 54 valence electrons. The number of pyridine rings is 1. The molecule has 1 aromatic heterocycles. The van der Waals surface area contributed by atoms with Crippen molar-refractivity contribution in [3.8, 4) is 0 Å². The normalized spacial score (nSPS) is 9.80. The predicted octanol–water partition coefficient (Wildman–Crippen LogP) is 0.700. The van der Waals surface area contributed by atoms with Crippen molar-refractivity contribution in [1.82, 2.24) is 10.5 Å². The highest BCUT2D eigenvalue weighted by molar-refractivity contribution is 5.11. The molecule has 0 radical (unpaired) electrons. The van der Waals surface area contributed by atoms with E-state index in [4.69, 9.17) is 5.21 Å². The lowest BCUT2D eigenvalue weighted by molar-refractivity contribution is 0.160. The zero-order chi connectivity index (χ0) is 7.40. The van der Waals surface area contributed by atoms with Crippen LogP contribution in [0.15, 0.2) is 18.5 Å². The van der Waals surface area contributed by atoms with E-state index in [9.17, 15) is 4.39 Å². The minimum absolute atomic E-state index is 0.106. The summed E-state index contributed by atoms with van der Waals surface area (Å²) >= 11 is 0. The fourth-order valence-corrected chi connectivity index (χ4v) is 0.633. The maximum absolute atomic E-state index is 12.6. The molecule has 1 aromatic rings. The van der Waals surface area contributed by atoms with Crippen LogP contribution in [0.1, 0.15) is 5.56 Å². The molecule has 0 aromatic carbocycles. The summed E-state index contributed by atoms with van der Waals surface area (Å²) in [7, 11) is 0. The molecule has 0 saturated heterocycles. The second kappa shape index (κ2) is 3.24. The van der Waals surface area contributed by atoms with Crippen LogP contribution in [0.4, 0.5) is 4.39 Å². The highest BCUT2D eigenvalue weighted by Gasteiger charge is 1.97. The van der Waals surface area contributed by atoms with Gasteiger partial charge in [-0.05, 0) is 6.07 Å². The van der Waals surface area contributed by atoms with Gasteiger partial charge in [-0.15, -0.1) is 0 Å². The summed E-state index contributed by atoms with van der Waals surface area (Å²) in [4.78, 5) is 3.54. The number of aromatic nitrogens is 1. The van der Waals surface area contributed by atoms with Gasteiger partial charge in [0.25, 0.3) is 0 Å². The van der Waals surface area contributed by atoms with Crippen LogP contribution in [0, 0.1) is 5.82 Å². The van der Waals surface area contributed by atoms with Crippen LogP contribution in [0.25, 0.3) is 0 Å². The maximum Gasteiger partial charge on any atom is 0.146 e.